The van der Waals surface area contributed by atoms with Crippen LogP contribution in [0.25, 0.3) is 16.3 Å². The van der Waals surface area contributed by atoms with Gasteiger partial charge in [-0.1, -0.05) is 43.3 Å². The average molecular weight is 441 g/mol. The van der Waals surface area contributed by atoms with Crippen molar-refractivity contribution in [1.29, 1.82) is 0 Å². The number of amides is 2. The zero-order chi connectivity index (χ0) is 23.1. The van der Waals surface area contributed by atoms with Crippen molar-refractivity contribution in [2.75, 3.05) is 18.0 Å². The van der Waals surface area contributed by atoms with Crippen molar-refractivity contribution in [3.05, 3.63) is 88.1 Å². The number of rotatable bonds is 4. The summed E-state index contributed by atoms with van der Waals surface area (Å²) in [6.07, 6.45) is 2.01. The highest BCUT2D eigenvalue weighted by Crippen LogP contribution is 2.39. The molecule has 0 saturated carbocycles. The molecular weight excluding hydrogens is 418 g/mol. The molecule has 0 N–H and O–H groups in total. The van der Waals surface area contributed by atoms with Gasteiger partial charge in [0.2, 0.25) is 0 Å². The topological polar surface area (TPSA) is 83.8 Å². The second kappa shape index (κ2) is 8.16. The molecule has 33 heavy (non-hydrogen) atoms. The van der Waals surface area contributed by atoms with E-state index in [4.69, 9.17) is 0 Å². The van der Waals surface area contributed by atoms with E-state index < -0.39 is 10.8 Å². The number of nitrogens with zero attached hydrogens (tertiary/aromatic N) is 3. The Kier molecular flexibility index (Phi) is 5.17. The maximum absolute atomic E-state index is 13.8. The van der Waals surface area contributed by atoms with E-state index in [0.29, 0.717) is 41.5 Å². The number of carbonyl (C=O) groups excluding carboxylic acids is 2. The van der Waals surface area contributed by atoms with Gasteiger partial charge in [0.05, 0.1) is 16.2 Å². The van der Waals surface area contributed by atoms with Gasteiger partial charge in [0.15, 0.2) is 0 Å². The van der Waals surface area contributed by atoms with Gasteiger partial charge in [-0.05, 0) is 47.9 Å². The monoisotopic (exact) mass is 441 g/mol. The van der Waals surface area contributed by atoms with Gasteiger partial charge in [-0.25, -0.2) is 4.90 Å². The molecule has 1 fully saturated rings. The minimum absolute atomic E-state index is 0.0600. The Morgan fingerprint density at radius 2 is 1.67 bits per heavy atom. The Labute approximate surface area is 191 Å². The first-order valence-electron chi connectivity index (χ1n) is 11.1. The molecule has 0 bridgehead atoms. The number of non-ortho nitro benzene ring substituents is 1. The minimum Gasteiger partial charge on any atom is -0.366 e. The molecule has 7 nitrogen and oxygen atoms in total. The van der Waals surface area contributed by atoms with Crippen molar-refractivity contribution in [1.82, 2.24) is 4.90 Å². The number of hydrogen-bond acceptors (Lipinski definition) is 5. The van der Waals surface area contributed by atoms with Gasteiger partial charge in [0.25, 0.3) is 17.5 Å². The lowest BCUT2D eigenvalue weighted by Gasteiger charge is -2.33. The van der Waals surface area contributed by atoms with Crippen LogP contribution in [-0.4, -0.2) is 34.7 Å². The van der Waals surface area contributed by atoms with E-state index in [2.05, 4.69) is 6.92 Å². The Morgan fingerprint density at radius 3 is 2.39 bits per heavy atom. The number of piperidine rings is 1. The zero-order valence-corrected chi connectivity index (χ0v) is 18.2. The Hall–Kier alpha value is -4.00. The fraction of sp³-hybridized carbons (Fsp3) is 0.231. The third kappa shape index (κ3) is 3.55. The van der Waals surface area contributed by atoms with Crippen LogP contribution in [0.2, 0.25) is 0 Å². The molecule has 0 aromatic heterocycles. The van der Waals surface area contributed by atoms with Gasteiger partial charge >= 0.3 is 0 Å². The fourth-order valence-electron chi connectivity index (χ4n) is 4.84. The van der Waals surface area contributed by atoms with Crippen molar-refractivity contribution in [3.63, 3.8) is 0 Å². The van der Waals surface area contributed by atoms with Crippen molar-refractivity contribution in [2.24, 2.45) is 5.92 Å². The van der Waals surface area contributed by atoms with Crippen LogP contribution in [0.1, 0.15) is 25.3 Å². The molecule has 0 spiro atoms. The van der Waals surface area contributed by atoms with Gasteiger partial charge in [-0.3, -0.25) is 19.7 Å². The summed E-state index contributed by atoms with van der Waals surface area (Å²) in [5, 5.41) is 12.9. The Balaban J connectivity index is 1.66. The van der Waals surface area contributed by atoms with E-state index in [0.717, 1.165) is 23.6 Å². The van der Waals surface area contributed by atoms with Gasteiger partial charge in [0.1, 0.15) is 5.70 Å². The molecule has 3 aromatic rings. The molecule has 2 amide bonds. The summed E-state index contributed by atoms with van der Waals surface area (Å²) in [4.78, 5) is 41.5. The van der Waals surface area contributed by atoms with E-state index in [9.17, 15) is 19.7 Å². The van der Waals surface area contributed by atoms with Gasteiger partial charge in [-0.15, -0.1) is 0 Å². The number of carbonyl (C=O) groups is 2. The molecule has 3 aromatic carbocycles. The second-order valence-corrected chi connectivity index (χ2v) is 8.66. The fourth-order valence-corrected chi connectivity index (χ4v) is 4.84. The van der Waals surface area contributed by atoms with Crippen molar-refractivity contribution < 1.29 is 14.5 Å². The molecule has 1 saturated heterocycles. The number of likely N-dealkylation sites (tertiary alicyclic amines) is 1. The van der Waals surface area contributed by atoms with Gasteiger partial charge < -0.3 is 4.90 Å². The van der Waals surface area contributed by atoms with Gasteiger partial charge in [-0.2, -0.15) is 0 Å². The number of hydrogen-bond donors (Lipinski definition) is 0. The molecule has 2 aliphatic rings. The molecule has 2 heterocycles. The summed E-state index contributed by atoms with van der Waals surface area (Å²) in [6, 6.07) is 19.1. The van der Waals surface area contributed by atoms with E-state index in [1.54, 1.807) is 18.2 Å². The van der Waals surface area contributed by atoms with Crippen molar-refractivity contribution >= 4 is 39.5 Å². The van der Waals surface area contributed by atoms with Crippen LogP contribution >= 0.6 is 0 Å². The molecule has 166 valence electrons. The Morgan fingerprint density at radius 1 is 0.939 bits per heavy atom. The maximum atomic E-state index is 13.8. The summed E-state index contributed by atoms with van der Waals surface area (Å²) in [6.45, 7) is 3.52. The van der Waals surface area contributed by atoms with E-state index >= 15 is 0 Å². The van der Waals surface area contributed by atoms with Crippen LogP contribution in [0, 0.1) is 16.0 Å². The summed E-state index contributed by atoms with van der Waals surface area (Å²) in [5.41, 5.74) is 1.68. The number of nitro benzene ring substituents is 1. The first-order chi connectivity index (χ1) is 16.0. The van der Waals surface area contributed by atoms with E-state index in [1.165, 1.54) is 17.0 Å². The number of nitro groups is 1. The summed E-state index contributed by atoms with van der Waals surface area (Å²) in [5.74, 6) is -0.351. The average Bonchev–Trinajstić information content (AvgIpc) is 3.08. The van der Waals surface area contributed by atoms with Crippen molar-refractivity contribution in [2.45, 2.75) is 19.8 Å². The maximum Gasteiger partial charge on any atom is 0.282 e. The van der Waals surface area contributed by atoms with Crippen LogP contribution in [0.15, 0.2) is 72.4 Å². The SMILES string of the molecule is CC1CCCN(C2=C(c3ccc([N+](=O)[O-])cc3)C(=O)N(c3cccc4ccccc34)C2=O)C1. The predicted octanol–water partition coefficient (Wildman–Crippen LogP) is 4.76. The molecule has 2 aliphatic heterocycles. The first kappa shape index (κ1) is 20.9. The second-order valence-electron chi connectivity index (χ2n) is 8.66. The number of anilines is 1. The molecule has 0 radical (unpaired) electrons. The lowest BCUT2D eigenvalue weighted by Crippen LogP contribution is -2.39. The van der Waals surface area contributed by atoms with Crippen LogP contribution in [0.5, 0.6) is 0 Å². The number of fused-ring (bicyclic) bond motifs is 1. The standard InChI is InChI=1S/C26H23N3O4/c1-17-6-5-15-27(16-17)24-23(19-11-13-20(14-12-19)29(32)33)25(30)28(26(24)31)22-10-4-8-18-7-2-3-9-21(18)22/h2-4,7-14,17H,5-6,15-16H2,1H3. The van der Waals surface area contributed by atoms with Crippen LogP contribution in [0.4, 0.5) is 11.4 Å². The first-order valence-corrected chi connectivity index (χ1v) is 11.1. The molecule has 1 atom stereocenters. The van der Waals surface area contributed by atoms with Crippen molar-refractivity contribution in [3.8, 4) is 0 Å². The molecule has 5 rings (SSSR count). The predicted molar refractivity (Wildman–Crippen MR) is 126 cm³/mol. The molecule has 1 unspecified atom stereocenters. The number of imide groups is 1. The highest BCUT2D eigenvalue weighted by atomic mass is 16.6. The van der Waals surface area contributed by atoms with Gasteiger partial charge in [0, 0.05) is 30.6 Å². The number of benzene rings is 3. The highest BCUT2D eigenvalue weighted by molar-refractivity contribution is 6.46. The molecular formula is C26H23N3O4. The summed E-state index contributed by atoms with van der Waals surface area (Å²) >= 11 is 0. The largest absolute Gasteiger partial charge is 0.366 e. The summed E-state index contributed by atoms with van der Waals surface area (Å²) in [7, 11) is 0. The zero-order valence-electron chi connectivity index (χ0n) is 18.2. The van der Waals surface area contributed by atoms with E-state index in [1.807, 2.05) is 41.3 Å². The minimum atomic E-state index is -0.477. The smallest absolute Gasteiger partial charge is 0.282 e. The highest BCUT2D eigenvalue weighted by Gasteiger charge is 2.43. The van der Waals surface area contributed by atoms with Crippen LogP contribution in [0.3, 0.4) is 0 Å². The lowest BCUT2D eigenvalue weighted by atomic mass is 9.97. The Bertz CT molecular complexity index is 1310. The third-order valence-corrected chi connectivity index (χ3v) is 6.41. The van der Waals surface area contributed by atoms with E-state index in [-0.39, 0.29) is 11.6 Å². The lowest BCUT2D eigenvalue weighted by molar-refractivity contribution is -0.384. The van der Waals surface area contributed by atoms with Crippen LogP contribution < -0.4 is 4.90 Å². The quantitative estimate of drug-likeness (QED) is 0.331. The van der Waals surface area contributed by atoms with Crippen LogP contribution in [-0.2, 0) is 9.59 Å². The normalized spacial score (nSPS) is 19.0. The molecule has 7 heteroatoms. The third-order valence-electron chi connectivity index (χ3n) is 6.41. The summed E-state index contributed by atoms with van der Waals surface area (Å²) < 4.78 is 0. The molecule has 0 aliphatic carbocycles.